The van der Waals surface area contributed by atoms with E-state index in [-0.39, 0.29) is 0 Å². The molecule has 0 bridgehead atoms. The van der Waals surface area contributed by atoms with Gasteiger partial charge in [0.2, 0.25) is 0 Å². The van der Waals surface area contributed by atoms with E-state index >= 15 is 0 Å². The number of hydrogen-bond acceptors (Lipinski definition) is 2. The zero-order chi connectivity index (χ0) is 8.65. The van der Waals surface area contributed by atoms with Gasteiger partial charge in [0.15, 0.2) is 0 Å². The number of rotatable bonds is 5. The topological polar surface area (TPSA) is 21.3 Å². The fourth-order valence-electron chi connectivity index (χ4n) is 0.904. The minimum atomic E-state index is 0.771. The summed E-state index contributed by atoms with van der Waals surface area (Å²) < 4.78 is 0. The third kappa shape index (κ3) is 3.51. The predicted molar refractivity (Wildman–Crippen MR) is 49.5 cm³/mol. The maximum Gasteiger partial charge on any atom is 0.0679 e. The van der Waals surface area contributed by atoms with Crippen LogP contribution in [0.5, 0.6) is 0 Å². The van der Waals surface area contributed by atoms with Crippen LogP contribution < -0.4 is 5.48 Å². The van der Waals surface area contributed by atoms with Crippen LogP contribution in [-0.2, 0) is 11.4 Å². The summed E-state index contributed by atoms with van der Waals surface area (Å²) in [6.45, 7) is 3.64. The Kier molecular flexibility index (Phi) is 4.42. The zero-order valence-corrected chi connectivity index (χ0v) is 7.42. The van der Waals surface area contributed by atoms with Crippen molar-refractivity contribution < 1.29 is 4.84 Å². The first-order valence-corrected chi connectivity index (χ1v) is 4.32. The van der Waals surface area contributed by atoms with Crippen LogP contribution in [0.4, 0.5) is 0 Å². The van der Waals surface area contributed by atoms with Gasteiger partial charge in [0, 0.05) is 6.54 Å². The van der Waals surface area contributed by atoms with E-state index in [1.165, 1.54) is 5.56 Å². The lowest BCUT2D eigenvalue weighted by Crippen LogP contribution is -2.14. The van der Waals surface area contributed by atoms with Crippen LogP contribution in [0.2, 0.25) is 0 Å². The lowest BCUT2D eigenvalue weighted by atomic mass is 10.2. The van der Waals surface area contributed by atoms with Crippen molar-refractivity contribution in [1.82, 2.24) is 5.48 Å². The highest BCUT2D eigenvalue weighted by Gasteiger charge is 1.88. The number of benzene rings is 1. The van der Waals surface area contributed by atoms with E-state index in [2.05, 4.69) is 24.5 Å². The standard InChI is InChI=1S/C10H15NO/c1-2-8-12-11-9-10-6-4-3-5-7-10/h3-7,11H,2,8-9H2,1H3. The fraction of sp³-hybridized carbons (Fsp3) is 0.400. The van der Waals surface area contributed by atoms with Gasteiger partial charge in [-0.05, 0) is 12.0 Å². The van der Waals surface area contributed by atoms with E-state index in [1.807, 2.05) is 18.2 Å². The molecule has 0 saturated heterocycles. The Balaban J connectivity index is 2.16. The fourth-order valence-corrected chi connectivity index (χ4v) is 0.904. The molecule has 0 spiro atoms. The summed E-state index contributed by atoms with van der Waals surface area (Å²) in [6.07, 6.45) is 1.04. The highest BCUT2D eigenvalue weighted by molar-refractivity contribution is 5.13. The second-order valence-electron chi connectivity index (χ2n) is 2.66. The SMILES string of the molecule is CCCONCc1ccccc1. The van der Waals surface area contributed by atoms with Crippen LogP contribution in [0.3, 0.4) is 0 Å². The molecule has 1 aromatic rings. The molecule has 1 rings (SSSR count). The van der Waals surface area contributed by atoms with Crippen molar-refractivity contribution in [3.63, 3.8) is 0 Å². The molecule has 0 amide bonds. The molecule has 2 nitrogen and oxygen atoms in total. The minimum absolute atomic E-state index is 0.771. The van der Waals surface area contributed by atoms with E-state index in [0.717, 1.165) is 19.6 Å². The largest absolute Gasteiger partial charge is 0.301 e. The lowest BCUT2D eigenvalue weighted by Gasteiger charge is -2.03. The van der Waals surface area contributed by atoms with Crippen molar-refractivity contribution >= 4 is 0 Å². The minimum Gasteiger partial charge on any atom is -0.301 e. The maximum absolute atomic E-state index is 5.14. The molecule has 0 aliphatic carbocycles. The summed E-state index contributed by atoms with van der Waals surface area (Å²) in [7, 11) is 0. The van der Waals surface area contributed by atoms with Crippen LogP contribution in [0.1, 0.15) is 18.9 Å². The van der Waals surface area contributed by atoms with Gasteiger partial charge in [0.05, 0.1) is 6.61 Å². The first kappa shape index (κ1) is 9.23. The molecule has 2 heteroatoms. The Morgan fingerprint density at radius 1 is 1.25 bits per heavy atom. The van der Waals surface area contributed by atoms with Crippen molar-refractivity contribution in [2.45, 2.75) is 19.9 Å². The van der Waals surface area contributed by atoms with Crippen molar-refractivity contribution in [2.75, 3.05) is 6.61 Å². The van der Waals surface area contributed by atoms with Crippen molar-refractivity contribution in [2.24, 2.45) is 0 Å². The third-order valence-corrected chi connectivity index (χ3v) is 1.53. The van der Waals surface area contributed by atoms with Gasteiger partial charge in [0.25, 0.3) is 0 Å². The molecule has 0 heterocycles. The van der Waals surface area contributed by atoms with Crippen molar-refractivity contribution in [1.29, 1.82) is 0 Å². The van der Waals surface area contributed by atoms with Crippen LogP contribution in [0.25, 0.3) is 0 Å². The molecule has 0 fully saturated rings. The molecule has 0 unspecified atom stereocenters. The van der Waals surface area contributed by atoms with Gasteiger partial charge in [-0.3, -0.25) is 0 Å². The summed E-state index contributed by atoms with van der Waals surface area (Å²) in [5, 5.41) is 0. The van der Waals surface area contributed by atoms with Gasteiger partial charge >= 0.3 is 0 Å². The highest BCUT2D eigenvalue weighted by Crippen LogP contribution is 1.96. The lowest BCUT2D eigenvalue weighted by molar-refractivity contribution is 0.0371. The van der Waals surface area contributed by atoms with Crippen molar-refractivity contribution in [3.8, 4) is 0 Å². The highest BCUT2D eigenvalue weighted by atomic mass is 16.6. The molecule has 0 radical (unpaired) electrons. The summed E-state index contributed by atoms with van der Waals surface area (Å²) in [4.78, 5) is 5.14. The third-order valence-electron chi connectivity index (χ3n) is 1.53. The molecule has 0 aromatic heterocycles. The number of hydrogen-bond donors (Lipinski definition) is 1. The van der Waals surface area contributed by atoms with Crippen molar-refractivity contribution in [3.05, 3.63) is 35.9 Å². The Morgan fingerprint density at radius 3 is 2.67 bits per heavy atom. The molecule has 0 saturated carbocycles. The first-order valence-electron chi connectivity index (χ1n) is 4.32. The van der Waals surface area contributed by atoms with Gasteiger partial charge in [-0.15, -0.1) is 0 Å². The average Bonchev–Trinajstić information content (AvgIpc) is 2.14. The quantitative estimate of drug-likeness (QED) is 0.533. The molecule has 1 N–H and O–H groups in total. The van der Waals surface area contributed by atoms with Crippen LogP contribution in [0, 0.1) is 0 Å². The normalized spacial score (nSPS) is 10.1. The molecular weight excluding hydrogens is 150 g/mol. The summed E-state index contributed by atoms with van der Waals surface area (Å²) >= 11 is 0. The van der Waals surface area contributed by atoms with Gasteiger partial charge in [-0.1, -0.05) is 37.3 Å². The Labute approximate surface area is 73.5 Å². The molecule has 66 valence electrons. The Hall–Kier alpha value is -0.860. The summed E-state index contributed by atoms with van der Waals surface area (Å²) in [5.41, 5.74) is 4.15. The van der Waals surface area contributed by atoms with Gasteiger partial charge in [-0.2, -0.15) is 5.48 Å². The zero-order valence-electron chi connectivity index (χ0n) is 7.42. The molecular formula is C10H15NO. The molecule has 0 atom stereocenters. The van der Waals surface area contributed by atoms with E-state index in [1.54, 1.807) is 0 Å². The van der Waals surface area contributed by atoms with E-state index < -0.39 is 0 Å². The van der Waals surface area contributed by atoms with E-state index in [4.69, 9.17) is 4.84 Å². The summed E-state index contributed by atoms with van der Waals surface area (Å²) in [5.74, 6) is 0. The number of hydroxylamine groups is 1. The predicted octanol–water partition coefficient (Wildman–Crippen LogP) is 2.12. The number of nitrogens with one attached hydrogen (secondary N) is 1. The maximum atomic E-state index is 5.14. The second-order valence-corrected chi connectivity index (χ2v) is 2.66. The van der Waals surface area contributed by atoms with Crippen LogP contribution in [-0.4, -0.2) is 6.61 Å². The van der Waals surface area contributed by atoms with Crippen LogP contribution >= 0.6 is 0 Å². The molecule has 0 aliphatic rings. The van der Waals surface area contributed by atoms with E-state index in [9.17, 15) is 0 Å². The molecule has 1 aromatic carbocycles. The van der Waals surface area contributed by atoms with Gasteiger partial charge < -0.3 is 4.84 Å². The smallest absolute Gasteiger partial charge is 0.0679 e. The van der Waals surface area contributed by atoms with Gasteiger partial charge in [-0.25, -0.2) is 0 Å². The summed E-state index contributed by atoms with van der Waals surface area (Å²) in [6, 6.07) is 10.2. The average molecular weight is 165 g/mol. The van der Waals surface area contributed by atoms with Gasteiger partial charge in [0.1, 0.15) is 0 Å². The first-order chi connectivity index (χ1) is 5.93. The van der Waals surface area contributed by atoms with Crippen LogP contribution in [0.15, 0.2) is 30.3 Å². The Morgan fingerprint density at radius 2 is 2.00 bits per heavy atom. The molecule has 0 aliphatic heterocycles. The molecule has 12 heavy (non-hydrogen) atoms. The monoisotopic (exact) mass is 165 g/mol. The Bertz CT molecular complexity index is 198. The second kappa shape index (κ2) is 5.75. The van der Waals surface area contributed by atoms with E-state index in [0.29, 0.717) is 0 Å².